The Balaban J connectivity index is 1.41. The highest BCUT2D eigenvalue weighted by Gasteiger charge is 2.54. The SMILES string of the molecule is CC1(C)O[C@H]2O[C@@H](CON3C(=O)c4ccccc4C3=O)[C@H](O)[C@H]2O1. The second-order valence-electron chi connectivity index (χ2n) is 6.38. The number of hydroxylamine groups is 2. The van der Waals surface area contributed by atoms with Crippen LogP contribution in [0.5, 0.6) is 0 Å². The smallest absolute Gasteiger partial charge is 0.285 e. The first kappa shape index (κ1) is 15.7. The van der Waals surface area contributed by atoms with E-state index in [-0.39, 0.29) is 6.61 Å². The fraction of sp³-hybridized carbons (Fsp3) is 0.500. The lowest BCUT2D eigenvalue weighted by Gasteiger charge is -2.23. The quantitative estimate of drug-likeness (QED) is 0.802. The molecule has 4 atom stereocenters. The number of imide groups is 1. The van der Waals surface area contributed by atoms with Gasteiger partial charge >= 0.3 is 0 Å². The average molecular weight is 335 g/mol. The third kappa shape index (κ3) is 2.35. The van der Waals surface area contributed by atoms with E-state index >= 15 is 0 Å². The molecule has 2 fully saturated rings. The first-order valence-electron chi connectivity index (χ1n) is 7.67. The molecule has 8 heteroatoms. The van der Waals surface area contributed by atoms with Gasteiger partial charge in [-0.3, -0.25) is 14.4 Å². The highest BCUT2D eigenvalue weighted by Crippen LogP contribution is 2.37. The molecular formula is C16H17NO7. The van der Waals surface area contributed by atoms with E-state index in [0.717, 1.165) is 0 Å². The largest absolute Gasteiger partial charge is 0.387 e. The van der Waals surface area contributed by atoms with Crippen LogP contribution in [-0.4, -0.2) is 59.0 Å². The van der Waals surface area contributed by atoms with Crippen LogP contribution in [0.3, 0.4) is 0 Å². The number of hydrogen-bond donors (Lipinski definition) is 1. The minimum Gasteiger partial charge on any atom is -0.387 e. The topological polar surface area (TPSA) is 94.5 Å². The van der Waals surface area contributed by atoms with Gasteiger partial charge in [-0.1, -0.05) is 12.1 Å². The van der Waals surface area contributed by atoms with E-state index in [2.05, 4.69) is 0 Å². The number of rotatable bonds is 3. The van der Waals surface area contributed by atoms with Crippen molar-refractivity contribution in [2.75, 3.05) is 6.61 Å². The minimum atomic E-state index is -0.980. The van der Waals surface area contributed by atoms with Crippen molar-refractivity contribution in [2.24, 2.45) is 0 Å². The third-order valence-electron chi connectivity index (χ3n) is 4.24. The van der Waals surface area contributed by atoms with Crippen LogP contribution in [0.2, 0.25) is 0 Å². The summed E-state index contributed by atoms with van der Waals surface area (Å²) in [6.45, 7) is 3.28. The molecule has 8 nitrogen and oxygen atoms in total. The zero-order valence-electron chi connectivity index (χ0n) is 13.2. The highest BCUT2D eigenvalue weighted by molar-refractivity contribution is 6.20. The molecule has 128 valence electrons. The summed E-state index contributed by atoms with van der Waals surface area (Å²) >= 11 is 0. The van der Waals surface area contributed by atoms with Gasteiger partial charge in [0.15, 0.2) is 12.1 Å². The van der Waals surface area contributed by atoms with Gasteiger partial charge in [-0.25, -0.2) is 0 Å². The first-order valence-corrected chi connectivity index (χ1v) is 7.67. The van der Waals surface area contributed by atoms with Gasteiger partial charge in [0, 0.05) is 0 Å². The molecule has 0 spiro atoms. The van der Waals surface area contributed by atoms with Gasteiger partial charge in [0.2, 0.25) is 0 Å². The summed E-state index contributed by atoms with van der Waals surface area (Å²) in [7, 11) is 0. The molecule has 1 N–H and O–H groups in total. The summed E-state index contributed by atoms with van der Waals surface area (Å²) in [5.74, 6) is -1.89. The molecule has 0 unspecified atom stereocenters. The molecule has 4 rings (SSSR count). The Hall–Kier alpha value is -1.84. The molecule has 1 aromatic rings. The third-order valence-corrected chi connectivity index (χ3v) is 4.24. The maximum Gasteiger partial charge on any atom is 0.285 e. The molecule has 2 saturated heterocycles. The summed E-state index contributed by atoms with van der Waals surface area (Å²) in [6, 6.07) is 6.48. The number of hydrogen-bond acceptors (Lipinski definition) is 7. The van der Waals surface area contributed by atoms with Crippen LogP contribution in [-0.2, 0) is 19.0 Å². The Labute approximate surface area is 137 Å². The fourth-order valence-electron chi connectivity index (χ4n) is 3.13. The second kappa shape index (κ2) is 5.33. The van der Waals surface area contributed by atoms with Crippen LogP contribution in [0.25, 0.3) is 0 Å². The maximum atomic E-state index is 12.2. The molecule has 3 heterocycles. The van der Waals surface area contributed by atoms with E-state index in [9.17, 15) is 14.7 Å². The Morgan fingerprint density at radius 2 is 1.79 bits per heavy atom. The molecule has 0 saturated carbocycles. The zero-order valence-corrected chi connectivity index (χ0v) is 13.2. The fourth-order valence-corrected chi connectivity index (χ4v) is 3.13. The Morgan fingerprint density at radius 1 is 1.17 bits per heavy atom. The van der Waals surface area contributed by atoms with Gasteiger partial charge in [-0.15, -0.1) is 5.06 Å². The number of amides is 2. The van der Waals surface area contributed by atoms with Crippen molar-refractivity contribution in [3.63, 3.8) is 0 Å². The molecule has 0 aromatic heterocycles. The van der Waals surface area contributed by atoms with Crippen LogP contribution in [0.1, 0.15) is 34.6 Å². The number of nitrogens with zero attached hydrogens (tertiary/aromatic N) is 1. The van der Waals surface area contributed by atoms with Crippen molar-refractivity contribution in [2.45, 2.75) is 44.2 Å². The van der Waals surface area contributed by atoms with Gasteiger partial charge in [0.25, 0.3) is 11.8 Å². The molecular weight excluding hydrogens is 318 g/mol. The minimum absolute atomic E-state index is 0.174. The molecule has 0 aliphatic carbocycles. The Kier molecular flexibility index (Phi) is 3.48. The van der Waals surface area contributed by atoms with E-state index in [1.54, 1.807) is 38.1 Å². The predicted molar refractivity (Wildman–Crippen MR) is 77.6 cm³/mol. The lowest BCUT2D eigenvalue weighted by Crippen LogP contribution is -2.40. The van der Waals surface area contributed by atoms with E-state index < -0.39 is 42.2 Å². The molecule has 1 aromatic carbocycles. The normalized spacial score (nSPS) is 33.9. The zero-order chi connectivity index (χ0) is 17.1. The maximum absolute atomic E-state index is 12.2. The Morgan fingerprint density at radius 3 is 2.38 bits per heavy atom. The number of aliphatic hydroxyl groups excluding tert-OH is 1. The predicted octanol–water partition coefficient (Wildman–Crippen LogP) is 0.452. The summed E-state index contributed by atoms with van der Waals surface area (Å²) in [5.41, 5.74) is 0.585. The van der Waals surface area contributed by atoms with Gasteiger partial charge < -0.3 is 19.3 Å². The second-order valence-corrected chi connectivity index (χ2v) is 6.38. The van der Waals surface area contributed by atoms with Crippen molar-refractivity contribution in [1.82, 2.24) is 5.06 Å². The van der Waals surface area contributed by atoms with Crippen LogP contribution in [0.15, 0.2) is 24.3 Å². The van der Waals surface area contributed by atoms with Crippen molar-refractivity contribution >= 4 is 11.8 Å². The van der Waals surface area contributed by atoms with Gasteiger partial charge in [-0.2, -0.15) is 0 Å². The van der Waals surface area contributed by atoms with Crippen LogP contribution < -0.4 is 0 Å². The van der Waals surface area contributed by atoms with E-state index in [1.165, 1.54) is 0 Å². The van der Waals surface area contributed by atoms with Crippen molar-refractivity contribution in [3.05, 3.63) is 35.4 Å². The standard InChI is InChI=1S/C16H17NO7/c1-16(2)23-12-11(18)10(22-15(12)24-16)7-21-17-13(19)8-5-3-4-6-9(8)14(17)20/h3-6,10-12,15,18H,7H2,1-2H3/t10-,11-,12+,15+/m0/s1. The van der Waals surface area contributed by atoms with Crippen molar-refractivity contribution in [3.8, 4) is 0 Å². The highest BCUT2D eigenvalue weighted by atomic mass is 16.8. The number of ether oxygens (including phenoxy) is 3. The number of fused-ring (bicyclic) bond motifs is 2. The van der Waals surface area contributed by atoms with Gasteiger partial charge in [-0.05, 0) is 26.0 Å². The Bertz CT molecular complexity index is 668. The number of benzene rings is 1. The summed E-state index contributed by atoms with van der Waals surface area (Å²) < 4.78 is 16.7. The number of carbonyl (C=O) groups is 2. The van der Waals surface area contributed by atoms with Crippen LogP contribution >= 0.6 is 0 Å². The van der Waals surface area contributed by atoms with Crippen molar-refractivity contribution < 1.29 is 33.7 Å². The van der Waals surface area contributed by atoms with E-state index in [4.69, 9.17) is 19.0 Å². The summed E-state index contributed by atoms with van der Waals surface area (Å²) in [5, 5.41) is 11.0. The number of aliphatic hydroxyl groups is 1. The summed E-state index contributed by atoms with van der Waals surface area (Å²) in [4.78, 5) is 29.7. The van der Waals surface area contributed by atoms with Crippen LogP contribution in [0, 0.1) is 0 Å². The average Bonchev–Trinajstić information content (AvgIpc) is 3.08. The lowest BCUT2D eigenvalue weighted by molar-refractivity contribution is -0.228. The molecule has 2 amide bonds. The monoisotopic (exact) mass is 335 g/mol. The van der Waals surface area contributed by atoms with E-state index in [0.29, 0.717) is 16.2 Å². The molecule has 0 bridgehead atoms. The van der Waals surface area contributed by atoms with E-state index in [1.807, 2.05) is 0 Å². The number of carbonyl (C=O) groups excluding carboxylic acids is 2. The van der Waals surface area contributed by atoms with Gasteiger partial charge in [0.1, 0.15) is 24.9 Å². The molecule has 3 aliphatic rings. The molecule has 3 aliphatic heterocycles. The molecule has 24 heavy (non-hydrogen) atoms. The summed E-state index contributed by atoms with van der Waals surface area (Å²) in [6.07, 6.45) is -3.08. The van der Waals surface area contributed by atoms with Gasteiger partial charge in [0.05, 0.1) is 11.1 Å². The molecule has 0 radical (unpaired) electrons. The van der Waals surface area contributed by atoms with Crippen molar-refractivity contribution in [1.29, 1.82) is 0 Å². The lowest BCUT2D eigenvalue weighted by atomic mass is 10.1. The van der Waals surface area contributed by atoms with Crippen LogP contribution in [0.4, 0.5) is 0 Å². The first-order chi connectivity index (χ1) is 11.4.